The predicted molar refractivity (Wildman–Crippen MR) is 119 cm³/mol. The number of thiophene rings is 1. The van der Waals surface area contributed by atoms with E-state index in [1.54, 1.807) is 30.5 Å². The van der Waals surface area contributed by atoms with Gasteiger partial charge in [-0.2, -0.15) is 0 Å². The summed E-state index contributed by atoms with van der Waals surface area (Å²) in [6.45, 7) is 4.02. The van der Waals surface area contributed by atoms with E-state index in [9.17, 15) is 14.7 Å². The quantitative estimate of drug-likeness (QED) is 0.366. The summed E-state index contributed by atoms with van der Waals surface area (Å²) in [7, 11) is 1.51. The van der Waals surface area contributed by atoms with Crippen LogP contribution in [-0.2, 0) is 16.1 Å². The number of amides is 1. The normalized spacial score (nSPS) is 17.9. The molecule has 1 amide bonds. The first kappa shape index (κ1) is 20.8. The molecule has 0 aliphatic carbocycles. The van der Waals surface area contributed by atoms with E-state index < -0.39 is 17.7 Å². The number of methoxy groups -OCH3 is 1. The van der Waals surface area contributed by atoms with Crippen molar-refractivity contribution < 1.29 is 19.4 Å². The van der Waals surface area contributed by atoms with Crippen LogP contribution in [0.15, 0.2) is 59.6 Å². The highest BCUT2D eigenvalue weighted by Crippen LogP contribution is 2.42. The SMILES string of the molecule is COc1c(C)cc(C)cc1/C(O)=C1\C(=O)C(=O)N(Cc2cccs2)C1c1ccccn1. The van der Waals surface area contributed by atoms with E-state index in [4.69, 9.17) is 4.74 Å². The number of ketones is 1. The van der Waals surface area contributed by atoms with E-state index in [2.05, 4.69) is 4.98 Å². The number of rotatable bonds is 5. The molecule has 1 aromatic carbocycles. The van der Waals surface area contributed by atoms with Crippen molar-refractivity contribution in [2.24, 2.45) is 0 Å². The molecule has 1 atom stereocenters. The van der Waals surface area contributed by atoms with E-state index in [-0.39, 0.29) is 17.9 Å². The van der Waals surface area contributed by atoms with Crippen LogP contribution >= 0.6 is 11.3 Å². The van der Waals surface area contributed by atoms with Gasteiger partial charge in [0.1, 0.15) is 17.6 Å². The Morgan fingerprint density at radius 3 is 2.65 bits per heavy atom. The second-order valence-corrected chi connectivity index (χ2v) is 8.46. The van der Waals surface area contributed by atoms with Gasteiger partial charge in [0.25, 0.3) is 11.7 Å². The molecule has 7 heteroatoms. The van der Waals surface area contributed by atoms with Gasteiger partial charge in [-0.05, 0) is 54.6 Å². The Bertz CT molecular complexity index is 1170. The fourth-order valence-corrected chi connectivity index (χ4v) is 4.71. The van der Waals surface area contributed by atoms with E-state index in [0.717, 1.165) is 16.0 Å². The minimum atomic E-state index is -0.797. The van der Waals surface area contributed by atoms with E-state index in [1.807, 2.05) is 37.4 Å². The van der Waals surface area contributed by atoms with Crippen molar-refractivity contribution in [3.8, 4) is 5.75 Å². The number of nitrogens with zero attached hydrogens (tertiary/aromatic N) is 2. The molecule has 1 aliphatic heterocycles. The molecular weight excluding hydrogens is 412 g/mol. The van der Waals surface area contributed by atoms with Crippen LogP contribution in [-0.4, -0.2) is 33.8 Å². The largest absolute Gasteiger partial charge is 0.507 e. The standard InChI is InChI=1S/C24H22N2O4S/c1-14-11-15(2)23(30-3)17(12-14)21(27)19-20(18-8-4-5-9-25-18)26(24(29)22(19)28)13-16-7-6-10-31-16/h4-12,20,27H,13H2,1-3H3/b21-19+. The number of ether oxygens (including phenoxy) is 1. The number of hydrogen-bond acceptors (Lipinski definition) is 6. The van der Waals surface area contributed by atoms with Crippen molar-refractivity contribution >= 4 is 28.8 Å². The number of carbonyl (C=O) groups excluding carboxylic acids is 2. The lowest BCUT2D eigenvalue weighted by Gasteiger charge is -2.24. The summed E-state index contributed by atoms with van der Waals surface area (Å²) >= 11 is 1.50. The summed E-state index contributed by atoms with van der Waals surface area (Å²) < 4.78 is 5.51. The molecular formula is C24H22N2O4S. The zero-order valence-electron chi connectivity index (χ0n) is 17.5. The van der Waals surface area contributed by atoms with Crippen molar-refractivity contribution in [1.29, 1.82) is 0 Å². The maximum atomic E-state index is 13.1. The highest BCUT2D eigenvalue weighted by atomic mass is 32.1. The minimum Gasteiger partial charge on any atom is -0.507 e. The van der Waals surface area contributed by atoms with Crippen LogP contribution in [0.4, 0.5) is 0 Å². The summed E-state index contributed by atoms with van der Waals surface area (Å²) in [5.74, 6) is -1.18. The number of pyridine rings is 1. The van der Waals surface area contributed by atoms with Gasteiger partial charge in [-0.3, -0.25) is 14.6 Å². The summed E-state index contributed by atoms with van der Waals surface area (Å²) in [6.07, 6.45) is 1.61. The number of aliphatic hydroxyl groups excluding tert-OH is 1. The third-order valence-corrected chi connectivity index (χ3v) is 6.15. The molecule has 0 radical (unpaired) electrons. The molecule has 3 aromatic rings. The number of likely N-dealkylation sites (tertiary alicyclic amines) is 1. The fourth-order valence-electron chi connectivity index (χ4n) is 4.01. The zero-order chi connectivity index (χ0) is 22.1. The van der Waals surface area contributed by atoms with Crippen LogP contribution in [0.2, 0.25) is 0 Å². The molecule has 0 spiro atoms. The Balaban J connectivity index is 1.93. The van der Waals surface area contributed by atoms with Crippen LogP contribution in [0, 0.1) is 13.8 Å². The van der Waals surface area contributed by atoms with Gasteiger partial charge in [-0.25, -0.2) is 0 Å². The molecule has 6 nitrogen and oxygen atoms in total. The first-order valence-electron chi connectivity index (χ1n) is 9.79. The highest BCUT2D eigenvalue weighted by Gasteiger charge is 2.47. The molecule has 1 fully saturated rings. The van der Waals surface area contributed by atoms with Crippen LogP contribution in [0.25, 0.3) is 5.76 Å². The topological polar surface area (TPSA) is 79.7 Å². The molecule has 3 heterocycles. The smallest absolute Gasteiger partial charge is 0.296 e. The number of aryl methyl sites for hydroxylation is 2. The second-order valence-electron chi connectivity index (χ2n) is 7.42. The summed E-state index contributed by atoms with van der Waals surface area (Å²) in [4.78, 5) is 33.0. The van der Waals surface area contributed by atoms with Gasteiger partial charge in [0, 0.05) is 11.1 Å². The molecule has 0 bridgehead atoms. The van der Waals surface area contributed by atoms with Crippen molar-refractivity contribution in [3.63, 3.8) is 0 Å². The van der Waals surface area contributed by atoms with Gasteiger partial charge in [0.2, 0.25) is 0 Å². The number of benzene rings is 1. The molecule has 4 rings (SSSR count). The molecule has 1 N–H and O–H groups in total. The lowest BCUT2D eigenvalue weighted by molar-refractivity contribution is -0.140. The number of hydrogen-bond donors (Lipinski definition) is 1. The Hall–Kier alpha value is -3.45. The molecule has 31 heavy (non-hydrogen) atoms. The minimum absolute atomic E-state index is 0.0172. The van der Waals surface area contributed by atoms with E-state index in [0.29, 0.717) is 17.0 Å². The number of aromatic nitrogens is 1. The van der Waals surface area contributed by atoms with E-state index >= 15 is 0 Å². The van der Waals surface area contributed by atoms with Gasteiger partial charge in [0.05, 0.1) is 30.5 Å². The first-order chi connectivity index (χ1) is 14.9. The van der Waals surface area contributed by atoms with Crippen LogP contribution in [0.5, 0.6) is 5.75 Å². The van der Waals surface area contributed by atoms with Crippen molar-refractivity contribution in [2.45, 2.75) is 26.4 Å². The maximum absolute atomic E-state index is 13.1. The van der Waals surface area contributed by atoms with Gasteiger partial charge < -0.3 is 14.7 Å². The number of Topliss-reactive ketones (excluding diaryl/α,β-unsaturated/α-hetero) is 1. The summed E-state index contributed by atoms with van der Waals surface area (Å²) in [6, 6.07) is 12.0. The molecule has 1 unspecified atom stereocenters. The Kier molecular flexibility index (Phi) is 5.61. The number of carbonyl (C=O) groups is 2. The zero-order valence-corrected chi connectivity index (χ0v) is 18.3. The molecule has 0 saturated carbocycles. The van der Waals surface area contributed by atoms with Gasteiger partial charge in [-0.15, -0.1) is 11.3 Å². The average Bonchev–Trinajstić information content (AvgIpc) is 3.36. The van der Waals surface area contributed by atoms with Gasteiger partial charge >= 0.3 is 0 Å². The summed E-state index contributed by atoms with van der Waals surface area (Å²) in [5.41, 5.74) is 2.65. The maximum Gasteiger partial charge on any atom is 0.296 e. The second kappa shape index (κ2) is 8.35. The van der Waals surface area contributed by atoms with Crippen molar-refractivity contribution in [2.75, 3.05) is 7.11 Å². The van der Waals surface area contributed by atoms with Crippen LogP contribution in [0.3, 0.4) is 0 Å². The van der Waals surface area contributed by atoms with E-state index in [1.165, 1.54) is 23.3 Å². The lowest BCUT2D eigenvalue weighted by atomic mass is 9.95. The molecule has 1 saturated heterocycles. The summed E-state index contributed by atoms with van der Waals surface area (Å²) in [5, 5.41) is 13.2. The van der Waals surface area contributed by atoms with Crippen LogP contribution < -0.4 is 4.74 Å². The highest BCUT2D eigenvalue weighted by molar-refractivity contribution is 7.09. The van der Waals surface area contributed by atoms with Crippen LogP contribution in [0.1, 0.15) is 33.3 Å². The molecule has 1 aliphatic rings. The van der Waals surface area contributed by atoms with Gasteiger partial charge in [-0.1, -0.05) is 18.2 Å². The van der Waals surface area contributed by atoms with Crippen molar-refractivity contribution in [1.82, 2.24) is 9.88 Å². The third-order valence-electron chi connectivity index (χ3n) is 5.29. The Morgan fingerprint density at radius 2 is 2.00 bits per heavy atom. The fraction of sp³-hybridized carbons (Fsp3) is 0.208. The lowest BCUT2D eigenvalue weighted by Crippen LogP contribution is -2.29. The Morgan fingerprint density at radius 1 is 1.19 bits per heavy atom. The Labute approximate surface area is 184 Å². The average molecular weight is 435 g/mol. The van der Waals surface area contributed by atoms with Gasteiger partial charge in [0.15, 0.2) is 0 Å². The first-order valence-corrected chi connectivity index (χ1v) is 10.7. The van der Waals surface area contributed by atoms with Crippen molar-refractivity contribution in [3.05, 3.63) is 86.9 Å². The monoisotopic (exact) mass is 434 g/mol. The number of aliphatic hydroxyl groups is 1. The predicted octanol–water partition coefficient (Wildman–Crippen LogP) is 4.39. The third kappa shape index (κ3) is 3.72. The molecule has 2 aromatic heterocycles. The molecule has 158 valence electrons.